The fourth-order valence-electron chi connectivity index (χ4n) is 2.62. The quantitative estimate of drug-likeness (QED) is 0.851. The molecule has 1 aromatic carbocycles. The summed E-state index contributed by atoms with van der Waals surface area (Å²) < 4.78 is 3.06. The van der Waals surface area contributed by atoms with Crippen LogP contribution in [0.1, 0.15) is 54.3 Å². The topological polar surface area (TPSA) is 34.0 Å². The van der Waals surface area contributed by atoms with E-state index in [0.717, 1.165) is 35.0 Å². The molecule has 1 aliphatic carbocycles. The average Bonchev–Trinajstić information content (AvgIpc) is 3.28. The fourth-order valence-corrected chi connectivity index (χ4v) is 3.06. The predicted molar refractivity (Wildman–Crippen MR) is 87.3 cm³/mol. The van der Waals surface area contributed by atoms with Crippen molar-refractivity contribution in [2.24, 2.45) is 0 Å². The number of nitrogens with zero attached hydrogens (tertiary/aromatic N) is 1. The van der Waals surface area contributed by atoms with Crippen molar-refractivity contribution in [1.82, 2.24) is 9.88 Å². The van der Waals surface area contributed by atoms with Crippen molar-refractivity contribution in [3.05, 3.63) is 58.3 Å². The van der Waals surface area contributed by atoms with Crippen LogP contribution in [0.3, 0.4) is 0 Å². The van der Waals surface area contributed by atoms with Crippen LogP contribution in [0.15, 0.2) is 47.1 Å². The lowest BCUT2D eigenvalue weighted by molar-refractivity contribution is 0.0926. The van der Waals surface area contributed by atoms with E-state index in [4.69, 9.17) is 0 Å². The number of nitrogens with one attached hydrogen (secondary N) is 1. The summed E-state index contributed by atoms with van der Waals surface area (Å²) in [6.45, 7) is 2.09. The monoisotopic (exact) mass is 346 g/mol. The van der Waals surface area contributed by atoms with Gasteiger partial charge in [-0.25, -0.2) is 0 Å². The van der Waals surface area contributed by atoms with E-state index in [0.29, 0.717) is 6.04 Å². The Bertz CT molecular complexity index is 631. The number of benzene rings is 1. The standard InChI is InChI=1S/C17H19BrN2O/c1-2-15(12-6-4-3-5-7-12)19-17(21)16-10-13(18)11-20(16)14-8-9-14/h3-7,10-11,14-15H,2,8-9H2,1H3,(H,19,21). The van der Waals surface area contributed by atoms with Gasteiger partial charge in [0.15, 0.2) is 0 Å². The molecule has 1 aromatic heterocycles. The lowest BCUT2D eigenvalue weighted by atomic mass is 10.0. The van der Waals surface area contributed by atoms with Gasteiger partial charge in [-0.05, 0) is 46.8 Å². The molecule has 1 fully saturated rings. The molecule has 1 N–H and O–H groups in total. The van der Waals surface area contributed by atoms with Crippen molar-refractivity contribution in [2.75, 3.05) is 0 Å². The lowest BCUT2D eigenvalue weighted by Crippen LogP contribution is -2.29. The summed E-state index contributed by atoms with van der Waals surface area (Å²) in [5.41, 5.74) is 1.90. The van der Waals surface area contributed by atoms with Crippen LogP contribution in [0.25, 0.3) is 0 Å². The Morgan fingerprint density at radius 3 is 2.71 bits per heavy atom. The van der Waals surface area contributed by atoms with E-state index in [1.807, 2.05) is 30.5 Å². The van der Waals surface area contributed by atoms with Crippen LogP contribution >= 0.6 is 15.9 Å². The maximum absolute atomic E-state index is 12.6. The van der Waals surface area contributed by atoms with Crippen LogP contribution in [0.2, 0.25) is 0 Å². The highest BCUT2D eigenvalue weighted by Crippen LogP contribution is 2.37. The summed E-state index contributed by atoms with van der Waals surface area (Å²) in [6, 6.07) is 12.6. The molecule has 1 aliphatic rings. The Kier molecular flexibility index (Phi) is 4.15. The largest absolute Gasteiger partial charge is 0.344 e. The number of aromatic nitrogens is 1. The normalized spacial score (nSPS) is 15.7. The molecular formula is C17H19BrN2O. The SMILES string of the molecule is CCC(NC(=O)c1cc(Br)cn1C1CC1)c1ccccc1. The van der Waals surface area contributed by atoms with Crippen molar-refractivity contribution in [3.63, 3.8) is 0 Å². The Balaban J connectivity index is 1.79. The summed E-state index contributed by atoms with van der Waals surface area (Å²) in [5.74, 6) is 0.00306. The number of carbonyl (C=O) groups excluding carboxylic acids is 1. The first kappa shape index (κ1) is 14.4. The fraction of sp³-hybridized carbons (Fsp3) is 0.353. The molecule has 1 atom stereocenters. The van der Waals surface area contributed by atoms with Crippen LogP contribution in [-0.4, -0.2) is 10.5 Å². The minimum absolute atomic E-state index is 0.00306. The third-order valence-corrected chi connectivity index (χ3v) is 4.34. The van der Waals surface area contributed by atoms with Crippen LogP contribution in [0.4, 0.5) is 0 Å². The van der Waals surface area contributed by atoms with Gasteiger partial charge in [-0.2, -0.15) is 0 Å². The Labute approximate surface area is 133 Å². The summed E-state index contributed by atoms with van der Waals surface area (Å²) in [7, 11) is 0. The molecule has 4 heteroatoms. The van der Waals surface area contributed by atoms with Crippen molar-refractivity contribution in [2.45, 2.75) is 38.3 Å². The van der Waals surface area contributed by atoms with Gasteiger partial charge in [-0.3, -0.25) is 4.79 Å². The molecule has 3 rings (SSSR count). The molecule has 3 nitrogen and oxygen atoms in total. The van der Waals surface area contributed by atoms with Crippen molar-refractivity contribution in [1.29, 1.82) is 0 Å². The van der Waals surface area contributed by atoms with Gasteiger partial charge in [-0.1, -0.05) is 37.3 Å². The van der Waals surface area contributed by atoms with Gasteiger partial charge in [0, 0.05) is 16.7 Å². The number of hydrogen-bond acceptors (Lipinski definition) is 1. The highest BCUT2D eigenvalue weighted by Gasteiger charge is 2.28. The van der Waals surface area contributed by atoms with Gasteiger partial charge in [-0.15, -0.1) is 0 Å². The Morgan fingerprint density at radius 2 is 2.10 bits per heavy atom. The second-order valence-electron chi connectivity index (χ2n) is 5.53. The number of hydrogen-bond donors (Lipinski definition) is 1. The third-order valence-electron chi connectivity index (χ3n) is 3.90. The maximum atomic E-state index is 12.6. The van der Waals surface area contributed by atoms with Gasteiger partial charge in [0.1, 0.15) is 5.69 Å². The first-order valence-corrected chi connectivity index (χ1v) is 8.21. The molecule has 1 heterocycles. The van der Waals surface area contributed by atoms with E-state index in [1.54, 1.807) is 0 Å². The third kappa shape index (κ3) is 3.21. The summed E-state index contributed by atoms with van der Waals surface area (Å²) >= 11 is 3.47. The van der Waals surface area contributed by atoms with Crippen LogP contribution < -0.4 is 5.32 Å². The smallest absolute Gasteiger partial charge is 0.268 e. The van der Waals surface area contributed by atoms with E-state index in [2.05, 4.69) is 44.9 Å². The number of halogens is 1. The zero-order valence-electron chi connectivity index (χ0n) is 12.1. The lowest BCUT2D eigenvalue weighted by Gasteiger charge is -2.18. The number of rotatable bonds is 5. The van der Waals surface area contributed by atoms with Gasteiger partial charge in [0.05, 0.1) is 6.04 Å². The van der Waals surface area contributed by atoms with E-state index >= 15 is 0 Å². The van der Waals surface area contributed by atoms with Crippen molar-refractivity contribution in [3.8, 4) is 0 Å². The van der Waals surface area contributed by atoms with Crippen LogP contribution in [-0.2, 0) is 0 Å². The first-order chi connectivity index (χ1) is 10.2. The van der Waals surface area contributed by atoms with Gasteiger partial charge >= 0.3 is 0 Å². The van der Waals surface area contributed by atoms with Crippen molar-refractivity contribution < 1.29 is 4.79 Å². The molecule has 1 amide bonds. The highest BCUT2D eigenvalue weighted by molar-refractivity contribution is 9.10. The maximum Gasteiger partial charge on any atom is 0.268 e. The molecule has 1 saturated carbocycles. The van der Waals surface area contributed by atoms with E-state index in [-0.39, 0.29) is 11.9 Å². The van der Waals surface area contributed by atoms with Crippen LogP contribution in [0, 0.1) is 0 Å². The zero-order chi connectivity index (χ0) is 14.8. The minimum Gasteiger partial charge on any atom is -0.344 e. The molecule has 2 aromatic rings. The van der Waals surface area contributed by atoms with E-state index in [9.17, 15) is 4.79 Å². The molecule has 110 valence electrons. The predicted octanol–water partition coefficient (Wildman–Crippen LogP) is 4.47. The molecule has 0 spiro atoms. The van der Waals surface area contributed by atoms with Crippen LogP contribution in [0.5, 0.6) is 0 Å². The van der Waals surface area contributed by atoms with Crippen molar-refractivity contribution >= 4 is 21.8 Å². The van der Waals surface area contributed by atoms with Gasteiger partial charge < -0.3 is 9.88 Å². The summed E-state index contributed by atoms with van der Waals surface area (Å²) in [5, 5.41) is 3.16. The van der Waals surface area contributed by atoms with Gasteiger partial charge in [0.2, 0.25) is 0 Å². The number of carbonyl (C=O) groups is 1. The molecule has 0 radical (unpaired) electrons. The molecule has 21 heavy (non-hydrogen) atoms. The Hall–Kier alpha value is -1.55. The number of amides is 1. The molecule has 0 aliphatic heterocycles. The molecule has 1 unspecified atom stereocenters. The zero-order valence-corrected chi connectivity index (χ0v) is 13.6. The molecule has 0 bridgehead atoms. The summed E-state index contributed by atoms with van der Waals surface area (Å²) in [6.07, 6.45) is 5.21. The second kappa shape index (κ2) is 6.06. The highest BCUT2D eigenvalue weighted by atomic mass is 79.9. The first-order valence-electron chi connectivity index (χ1n) is 7.42. The minimum atomic E-state index is 0.00306. The van der Waals surface area contributed by atoms with E-state index in [1.165, 1.54) is 0 Å². The average molecular weight is 347 g/mol. The molecule has 0 saturated heterocycles. The van der Waals surface area contributed by atoms with Gasteiger partial charge in [0.25, 0.3) is 5.91 Å². The summed E-state index contributed by atoms with van der Waals surface area (Å²) in [4.78, 5) is 12.6. The van der Waals surface area contributed by atoms with E-state index < -0.39 is 0 Å². The molecular weight excluding hydrogens is 328 g/mol. The Morgan fingerprint density at radius 1 is 1.38 bits per heavy atom. The second-order valence-corrected chi connectivity index (χ2v) is 6.44.